The minimum atomic E-state index is 1.06. The third-order valence-corrected chi connectivity index (χ3v) is 3.91. The van der Waals surface area contributed by atoms with Crippen molar-refractivity contribution in [2.24, 2.45) is 0 Å². The minimum Gasteiger partial charge on any atom is -0.294 e. The summed E-state index contributed by atoms with van der Waals surface area (Å²) in [5.74, 6) is 0. The summed E-state index contributed by atoms with van der Waals surface area (Å²) < 4.78 is 0. The highest BCUT2D eigenvalue weighted by atomic mass is 15.1. The second kappa shape index (κ2) is 5.58. The molecule has 0 bridgehead atoms. The van der Waals surface area contributed by atoms with E-state index in [1.54, 1.807) is 0 Å². The minimum absolute atomic E-state index is 1.06. The van der Waals surface area contributed by atoms with E-state index in [2.05, 4.69) is 60.4 Å². The first-order valence-corrected chi connectivity index (χ1v) is 7.14. The first-order valence-electron chi connectivity index (χ1n) is 7.14. The lowest BCUT2D eigenvalue weighted by Gasteiger charge is -2.29. The largest absolute Gasteiger partial charge is 0.294 e. The van der Waals surface area contributed by atoms with Gasteiger partial charge in [-0.2, -0.15) is 0 Å². The van der Waals surface area contributed by atoms with Gasteiger partial charge in [0, 0.05) is 19.6 Å². The number of hydrogen-bond donors (Lipinski definition) is 0. The van der Waals surface area contributed by atoms with Crippen LogP contribution in [0, 0.1) is 6.92 Å². The number of rotatable bonds is 2. The van der Waals surface area contributed by atoms with Crippen LogP contribution in [0.1, 0.15) is 23.1 Å². The first-order chi connectivity index (χ1) is 9.31. The summed E-state index contributed by atoms with van der Waals surface area (Å²) >= 11 is 0. The molecule has 19 heavy (non-hydrogen) atoms. The average molecular weight is 251 g/mol. The summed E-state index contributed by atoms with van der Waals surface area (Å²) in [7, 11) is 0. The SMILES string of the molecule is Cc1ccc2c(c1)CN(CC1=CC=CCC=C1)CC2. The lowest BCUT2D eigenvalue weighted by atomic mass is 9.97. The van der Waals surface area contributed by atoms with E-state index in [1.807, 2.05) is 0 Å². The average Bonchev–Trinajstić information content (AvgIpc) is 2.67. The van der Waals surface area contributed by atoms with Crippen LogP contribution in [0.5, 0.6) is 0 Å². The van der Waals surface area contributed by atoms with Crippen LogP contribution in [0.25, 0.3) is 0 Å². The van der Waals surface area contributed by atoms with Crippen molar-refractivity contribution < 1.29 is 0 Å². The molecule has 0 saturated carbocycles. The maximum Gasteiger partial charge on any atom is 0.0240 e. The highest BCUT2D eigenvalue weighted by Gasteiger charge is 2.16. The highest BCUT2D eigenvalue weighted by molar-refractivity contribution is 5.34. The van der Waals surface area contributed by atoms with Gasteiger partial charge in [-0.05, 0) is 36.5 Å². The molecule has 0 unspecified atom stereocenters. The summed E-state index contributed by atoms with van der Waals surface area (Å²) in [5, 5.41) is 0. The molecule has 0 saturated heterocycles. The molecule has 1 aromatic rings. The van der Waals surface area contributed by atoms with Crippen LogP contribution in [0.4, 0.5) is 0 Å². The second-order valence-corrected chi connectivity index (χ2v) is 5.54. The predicted molar refractivity (Wildman–Crippen MR) is 81.1 cm³/mol. The lowest BCUT2D eigenvalue weighted by molar-refractivity contribution is 0.277. The van der Waals surface area contributed by atoms with Crippen LogP contribution in [0.15, 0.2) is 54.2 Å². The van der Waals surface area contributed by atoms with Crippen molar-refractivity contribution in [2.45, 2.75) is 26.3 Å². The number of aryl methyl sites for hydroxylation is 1. The van der Waals surface area contributed by atoms with E-state index in [0.717, 1.165) is 19.5 Å². The quantitative estimate of drug-likeness (QED) is 0.773. The number of nitrogens with zero attached hydrogens (tertiary/aromatic N) is 1. The smallest absolute Gasteiger partial charge is 0.0240 e. The van der Waals surface area contributed by atoms with Gasteiger partial charge in [-0.1, -0.05) is 54.1 Å². The molecular formula is C18H21N. The van der Waals surface area contributed by atoms with Crippen LogP contribution in [0.3, 0.4) is 0 Å². The van der Waals surface area contributed by atoms with E-state index in [1.165, 1.54) is 35.2 Å². The van der Waals surface area contributed by atoms with Crippen LogP contribution < -0.4 is 0 Å². The fourth-order valence-electron chi connectivity index (χ4n) is 2.87. The molecule has 1 aromatic carbocycles. The molecule has 1 nitrogen and oxygen atoms in total. The van der Waals surface area contributed by atoms with Crippen LogP contribution in [-0.2, 0) is 13.0 Å². The highest BCUT2D eigenvalue weighted by Crippen LogP contribution is 2.21. The molecule has 3 rings (SSSR count). The van der Waals surface area contributed by atoms with Gasteiger partial charge in [-0.3, -0.25) is 4.90 Å². The fourth-order valence-corrected chi connectivity index (χ4v) is 2.87. The third-order valence-electron chi connectivity index (χ3n) is 3.91. The number of hydrogen-bond acceptors (Lipinski definition) is 1. The van der Waals surface area contributed by atoms with E-state index in [-0.39, 0.29) is 0 Å². The van der Waals surface area contributed by atoms with Crippen molar-refractivity contribution in [3.8, 4) is 0 Å². The van der Waals surface area contributed by atoms with E-state index in [0.29, 0.717) is 0 Å². The number of fused-ring (bicyclic) bond motifs is 1. The molecule has 0 radical (unpaired) electrons. The Morgan fingerprint density at radius 1 is 1.16 bits per heavy atom. The molecule has 1 heterocycles. The number of allylic oxidation sites excluding steroid dienone is 4. The molecule has 2 aliphatic rings. The Balaban J connectivity index is 1.71. The zero-order valence-corrected chi connectivity index (χ0v) is 11.6. The Morgan fingerprint density at radius 2 is 2.11 bits per heavy atom. The maximum atomic E-state index is 2.55. The van der Waals surface area contributed by atoms with Gasteiger partial charge >= 0.3 is 0 Å². The van der Waals surface area contributed by atoms with Gasteiger partial charge < -0.3 is 0 Å². The van der Waals surface area contributed by atoms with Gasteiger partial charge in [-0.15, -0.1) is 0 Å². The Bertz CT molecular complexity index is 549. The maximum absolute atomic E-state index is 2.55. The molecule has 0 amide bonds. The van der Waals surface area contributed by atoms with E-state index < -0.39 is 0 Å². The van der Waals surface area contributed by atoms with Crippen molar-refractivity contribution in [2.75, 3.05) is 13.1 Å². The predicted octanol–water partition coefficient (Wildman–Crippen LogP) is 3.80. The van der Waals surface area contributed by atoms with Crippen molar-refractivity contribution in [1.82, 2.24) is 4.90 Å². The van der Waals surface area contributed by atoms with Gasteiger partial charge in [0.1, 0.15) is 0 Å². The number of benzene rings is 1. The van der Waals surface area contributed by atoms with Gasteiger partial charge in [0.15, 0.2) is 0 Å². The van der Waals surface area contributed by atoms with Gasteiger partial charge in [-0.25, -0.2) is 0 Å². The molecule has 1 heteroatoms. The first kappa shape index (κ1) is 12.4. The van der Waals surface area contributed by atoms with Gasteiger partial charge in [0.2, 0.25) is 0 Å². The molecule has 1 aliphatic heterocycles. The molecule has 98 valence electrons. The zero-order chi connectivity index (χ0) is 13.1. The van der Waals surface area contributed by atoms with Crippen LogP contribution in [0.2, 0.25) is 0 Å². The van der Waals surface area contributed by atoms with E-state index in [4.69, 9.17) is 0 Å². The zero-order valence-electron chi connectivity index (χ0n) is 11.6. The Morgan fingerprint density at radius 3 is 3.05 bits per heavy atom. The van der Waals surface area contributed by atoms with E-state index >= 15 is 0 Å². The molecule has 0 fully saturated rings. The second-order valence-electron chi connectivity index (χ2n) is 5.54. The summed E-state index contributed by atoms with van der Waals surface area (Å²) in [5.41, 5.74) is 5.84. The normalized spacial score (nSPS) is 18.9. The van der Waals surface area contributed by atoms with Gasteiger partial charge in [0.05, 0.1) is 0 Å². The molecule has 0 N–H and O–H groups in total. The lowest BCUT2D eigenvalue weighted by Crippen LogP contribution is -2.32. The van der Waals surface area contributed by atoms with Crippen molar-refractivity contribution in [1.29, 1.82) is 0 Å². The van der Waals surface area contributed by atoms with E-state index in [9.17, 15) is 0 Å². The summed E-state index contributed by atoms with van der Waals surface area (Å²) in [6.45, 7) is 5.51. The van der Waals surface area contributed by atoms with Crippen LogP contribution in [-0.4, -0.2) is 18.0 Å². The molecule has 1 aliphatic carbocycles. The summed E-state index contributed by atoms with van der Waals surface area (Å²) in [6.07, 6.45) is 13.4. The Kier molecular flexibility index (Phi) is 3.65. The van der Waals surface area contributed by atoms with Crippen molar-refractivity contribution in [3.63, 3.8) is 0 Å². The van der Waals surface area contributed by atoms with Gasteiger partial charge in [0.25, 0.3) is 0 Å². The Hall–Kier alpha value is -1.60. The Labute approximate surface area is 115 Å². The van der Waals surface area contributed by atoms with Crippen molar-refractivity contribution >= 4 is 0 Å². The molecule has 0 spiro atoms. The molecular weight excluding hydrogens is 230 g/mol. The summed E-state index contributed by atoms with van der Waals surface area (Å²) in [4.78, 5) is 2.55. The standard InChI is InChI=1S/C18H21N/c1-15-8-9-17-10-11-19(14-18(17)12-15)13-16-6-4-2-3-5-7-16/h2,4-9,12H,3,10-11,13-14H2,1H3. The topological polar surface area (TPSA) is 3.24 Å². The monoisotopic (exact) mass is 251 g/mol. The molecule has 0 atom stereocenters. The fraction of sp³-hybridized carbons (Fsp3) is 0.333. The third kappa shape index (κ3) is 3.05. The van der Waals surface area contributed by atoms with Crippen LogP contribution >= 0.6 is 0 Å². The van der Waals surface area contributed by atoms with Crippen molar-refractivity contribution in [3.05, 3.63) is 70.8 Å². The molecule has 0 aromatic heterocycles. The summed E-state index contributed by atoms with van der Waals surface area (Å²) in [6, 6.07) is 6.88.